The Balaban J connectivity index is 1.84. The van der Waals surface area contributed by atoms with E-state index in [2.05, 4.69) is 30.9 Å². The Kier molecular flexibility index (Phi) is 4.20. The molecule has 1 aliphatic carbocycles. The summed E-state index contributed by atoms with van der Waals surface area (Å²) in [5, 5.41) is 3.87. The molecule has 0 spiro atoms. The molecular weight excluding hydrogens is 218 g/mol. The van der Waals surface area contributed by atoms with Crippen LogP contribution >= 0.6 is 11.8 Å². The SMILES string of the molecule is COC1CCC(NC2CSCCC2(C)C)C1. The first kappa shape index (κ1) is 12.7. The number of methoxy groups -OCH3 is 1. The molecule has 0 aromatic carbocycles. The molecule has 0 bridgehead atoms. The maximum absolute atomic E-state index is 5.44. The van der Waals surface area contributed by atoms with E-state index in [1.807, 2.05) is 7.11 Å². The maximum Gasteiger partial charge on any atom is 0.0586 e. The molecule has 0 amide bonds. The maximum atomic E-state index is 5.44. The third-order valence-electron chi connectivity index (χ3n) is 4.27. The average Bonchev–Trinajstić information content (AvgIpc) is 2.69. The van der Waals surface area contributed by atoms with Gasteiger partial charge >= 0.3 is 0 Å². The number of thioether (sulfide) groups is 1. The molecule has 1 heterocycles. The Hall–Kier alpha value is 0.270. The second-order valence-electron chi connectivity index (χ2n) is 5.90. The molecule has 94 valence electrons. The number of hydrogen-bond acceptors (Lipinski definition) is 3. The third-order valence-corrected chi connectivity index (χ3v) is 5.34. The number of nitrogens with one attached hydrogen (secondary N) is 1. The van der Waals surface area contributed by atoms with Gasteiger partial charge in [0, 0.05) is 24.9 Å². The zero-order valence-electron chi connectivity index (χ0n) is 10.8. The van der Waals surface area contributed by atoms with Gasteiger partial charge < -0.3 is 10.1 Å². The Morgan fingerprint density at radius 1 is 1.31 bits per heavy atom. The second-order valence-corrected chi connectivity index (χ2v) is 7.05. The molecule has 1 saturated carbocycles. The van der Waals surface area contributed by atoms with Gasteiger partial charge in [-0.05, 0) is 36.9 Å². The highest BCUT2D eigenvalue weighted by Gasteiger charge is 2.35. The minimum atomic E-state index is 0.469. The Labute approximate surface area is 104 Å². The highest BCUT2D eigenvalue weighted by molar-refractivity contribution is 7.99. The van der Waals surface area contributed by atoms with Gasteiger partial charge in [0.2, 0.25) is 0 Å². The summed E-state index contributed by atoms with van der Waals surface area (Å²) in [6.07, 6.45) is 5.56. The van der Waals surface area contributed by atoms with Gasteiger partial charge in [-0.2, -0.15) is 11.8 Å². The standard InChI is InChI=1S/C13H25NOS/c1-13(2)6-7-16-9-12(13)14-10-4-5-11(8-10)15-3/h10-12,14H,4-9H2,1-3H3. The van der Waals surface area contributed by atoms with Crippen LogP contribution in [0.3, 0.4) is 0 Å². The Morgan fingerprint density at radius 3 is 2.75 bits per heavy atom. The number of ether oxygens (including phenoxy) is 1. The van der Waals surface area contributed by atoms with Crippen LogP contribution in [0.2, 0.25) is 0 Å². The predicted molar refractivity (Wildman–Crippen MR) is 71.1 cm³/mol. The molecule has 1 saturated heterocycles. The van der Waals surface area contributed by atoms with Crippen LogP contribution < -0.4 is 5.32 Å². The highest BCUT2D eigenvalue weighted by atomic mass is 32.2. The summed E-state index contributed by atoms with van der Waals surface area (Å²) < 4.78 is 5.44. The zero-order valence-corrected chi connectivity index (χ0v) is 11.6. The summed E-state index contributed by atoms with van der Waals surface area (Å²) in [6, 6.07) is 1.37. The van der Waals surface area contributed by atoms with Crippen LogP contribution in [0.25, 0.3) is 0 Å². The Morgan fingerprint density at radius 2 is 2.12 bits per heavy atom. The van der Waals surface area contributed by atoms with Crippen molar-refractivity contribution in [2.75, 3.05) is 18.6 Å². The second kappa shape index (κ2) is 5.28. The van der Waals surface area contributed by atoms with Crippen molar-refractivity contribution in [1.82, 2.24) is 5.32 Å². The van der Waals surface area contributed by atoms with Crippen LogP contribution in [0.4, 0.5) is 0 Å². The van der Waals surface area contributed by atoms with Crippen LogP contribution in [0, 0.1) is 5.41 Å². The topological polar surface area (TPSA) is 21.3 Å². The van der Waals surface area contributed by atoms with Crippen LogP contribution in [0.15, 0.2) is 0 Å². The monoisotopic (exact) mass is 243 g/mol. The molecule has 1 aliphatic heterocycles. The van der Waals surface area contributed by atoms with E-state index in [4.69, 9.17) is 4.74 Å². The minimum absolute atomic E-state index is 0.469. The van der Waals surface area contributed by atoms with E-state index >= 15 is 0 Å². The van der Waals surface area contributed by atoms with Crippen LogP contribution in [-0.4, -0.2) is 36.8 Å². The van der Waals surface area contributed by atoms with E-state index in [-0.39, 0.29) is 0 Å². The molecule has 16 heavy (non-hydrogen) atoms. The number of hydrogen-bond donors (Lipinski definition) is 1. The summed E-state index contributed by atoms with van der Waals surface area (Å²) in [7, 11) is 1.84. The van der Waals surface area contributed by atoms with E-state index in [0.717, 1.165) is 0 Å². The van der Waals surface area contributed by atoms with Crippen molar-refractivity contribution in [3.05, 3.63) is 0 Å². The van der Waals surface area contributed by atoms with Crippen LogP contribution in [0.1, 0.15) is 39.5 Å². The lowest BCUT2D eigenvalue weighted by atomic mass is 9.82. The van der Waals surface area contributed by atoms with Gasteiger partial charge in [0.15, 0.2) is 0 Å². The molecule has 2 aliphatic rings. The predicted octanol–water partition coefficient (Wildman–Crippen LogP) is 2.68. The van der Waals surface area contributed by atoms with Crippen LogP contribution in [0.5, 0.6) is 0 Å². The Bertz CT molecular complexity index is 232. The van der Waals surface area contributed by atoms with Gasteiger partial charge in [-0.25, -0.2) is 0 Å². The minimum Gasteiger partial charge on any atom is -0.381 e. The smallest absolute Gasteiger partial charge is 0.0586 e. The fraction of sp³-hybridized carbons (Fsp3) is 1.00. The lowest BCUT2D eigenvalue weighted by Gasteiger charge is -2.40. The van der Waals surface area contributed by atoms with E-state index in [9.17, 15) is 0 Å². The first-order valence-corrected chi connectivity index (χ1v) is 7.64. The molecule has 0 aromatic heterocycles. The summed E-state index contributed by atoms with van der Waals surface area (Å²) in [5.74, 6) is 2.61. The molecule has 3 heteroatoms. The number of rotatable bonds is 3. The first-order chi connectivity index (χ1) is 7.62. The summed E-state index contributed by atoms with van der Waals surface area (Å²) in [6.45, 7) is 4.82. The van der Waals surface area contributed by atoms with E-state index in [1.165, 1.54) is 37.2 Å². The normalized spacial score (nSPS) is 38.8. The summed E-state index contributed by atoms with van der Waals surface area (Å²) in [5.41, 5.74) is 0.469. The van der Waals surface area contributed by atoms with E-state index in [1.54, 1.807) is 0 Å². The molecule has 0 radical (unpaired) electrons. The quantitative estimate of drug-likeness (QED) is 0.823. The van der Waals surface area contributed by atoms with Crippen molar-refractivity contribution in [1.29, 1.82) is 0 Å². The van der Waals surface area contributed by atoms with Crippen molar-refractivity contribution in [2.24, 2.45) is 5.41 Å². The lowest BCUT2D eigenvalue weighted by Crippen LogP contribution is -2.50. The van der Waals surface area contributed by atoms with Gasteiger partial charge in [-0.15, -0.1) is 0 Å². The largest absolute Gasteiger partial charge is 0.381 e. The van der Waals surface area contributed by atoms with Crippen molar-refractivity contribution in [3.8, 4) is 0 Å². The first-order valence-electron chi connectivity index (χ1n) is 6.48. The summed E-state index contributed by atoms with van der Waals surface area (Å²) in [4.78, 5) is 0. The van der Waals surface area contributed by atoms with Gasteiger partial charge in [-0.1, -0.05) is 13.8 Å². The average molecular weight is 243 g/mol. The molecule has 2 fully saturated rings. The molecule has 2 rings (SSSR count). The van der Waals surface area contributed by atoms with Crippen molar-refractivity contribution in [2.45, 2.75) is 57.7 Å². The van der Waals surface area contributed by atoms with E-state index < -0.39 is 0 Å². The third kappa shape index (κ3) is 2.93. The molecule has 0 aromatic rings. The van der Waals surface area contributed by atoms with Crippen molar-refractivity contribution < 1.29 is 4.74 Å². The van der Waals surface area contributed by atoms with Gasteiger partial charge in [0.25, 0.3) is 0 Å². The molecule has 2 nitrogen and oxygen atoms in total. The summed E-state index contributed by atoms with van der Waals surface area (Å²) >= 11 is 2.10. The fourth-order valence-electron chi connectivity index (χ4n) is 2.80. The molecule has 3 atom stereocenters. The zero-order chi connectivity index (χ0) is 11.6. The van der Waals surface area contributed by atoms with Crippen molar-refractivity contribution >= 4 is 11.8 Å². The molecule has 3 unspecified atom stereocenters. The fourth-order valence-corrected chi connectivity index (χ4v) is 4.42. The van der Waals surface area contributed by atoms with Crippen LogP contribution in [-0.2, 0) is 4.74 Å². The van der Waals surface area contributed by atoms with Gasteiger partial charge in [0.05, 0.1) is 6.10 Å². The molecule has 1 N–H and O–H groups in total. The van der Waals surface area contributed by atoms with Gasteiger partial charge in [-0.3, -0.25) is 0 Å². The highest BCUT2D eigenvalue weighted by Crippen LogP contribution is 2.35. The van der Waals surface area contributed by atoms with Gasteiger partial charge in [0.1, 0.15) is 0 Å². The lowest BCUT2D eigenvalue weighted by molar-refractivity contribution is 0.105. The van der Waals surface area contributed by atoms with E-state index in [0.29, 0.717) is 23.6 Å². The van der Waals surface area contributed by atoms with Crippen molar-refractivity contribution in [3.63, 3.8) is 0 Å². The molecular formula is C13H25NOS.